The summed E-state index contributed by atoms with van der Waals surface area (Å²) in [6, 6.07) is 12.2. The number of benzene rings is 1. The lowest BCUT2D eigenvalue weighted by Crippen LogP contribution is -2.25. The van der Waals surface area contributed by atoms with Crippen molar-refractivity contribution >= 4 is 23.4 Å². The minimum absolute atomic E-state index is 0.180. The number of anilines is 1. The number of rotatable bonds is 4. The highest BCUT2D eigenvalue weighted by atomic mass is 32.2. The molecular weight excluding hydrogens is 368 g/mol. The van der Waals surface area contributed by atoms with Crippen molar-refractivity contribution in [1.82, 2.24) is 0 Å². The maximum atomic E-state index is 12.3. The van der Waals surface area contributed by atoms with E-state index in [0.717, 1.165) is 24.8 Å². The molecule has 3 N–H and O–H groups in total. The first-order valence-electron chi connectivity index (χ1n) is 9.45. The topological polar surface area (TPSA) is 105 Å². The minimum atomic E-state index is -0.180. The van der Waals surface area contributed by atoms with E-state index in [1.165, 1.54) is 17.3 Å². The van der Waals surface area contributed by atoms with Gasteiger partial charge in [-0.1, -0.05) is 56.3 Å². The number of nitrogens with one attached hydrogen (secondary N) is 1. The number of H-pyrrole nitrogens is 1. The number of aromatic nitrogens is 1. The molecule has 1 atom stereocenters. The molecule has 1 aromatic carbocycles. The summed E-state index contributed by atoms with van der Waals surface area (Å²) in [5, 5.41) is 19.9. The Labute approximate surface area is 169 Å². The molecule has 0 aliphatic heterocycles. The number of nitriles is 2. The number of pyridine rings is 1. The molecular formula is C22H23N4OS+. The SMILES string of the molecule is CC(C)c1ccc(-c2c(C#N)c(N)[nH+]c(S[C@@H]3CCCCC3=O)c2C#N)cc1. The number of ketones is 1. The summed E-state index contributed by atoms with van der Waals surface area (Å²) in [6.45, 7) is 4.23. The summed E-state index contributed by atoms with van der Waals surface area (Å²) in [7, 11) is 0. The highest BCUT2D eigenvalue weighted by molar-refractivity contribution is 8.00. The van der Waals surface area contributed by atoms with E-state index in [9.17, 15) is 15.3 Å². The number of carbonyl (C=O) groups excluding carboxylic acids is 1. The van der Waals surface area contributed by atoms with E-state index < -0.39 is 0 Å². The van der Waals surface area contributed by atoms with Gasteiger partial charge in [0.05, 0.1) is 5.25 Å². The monoisotopic (exact) mass is 391 g/mol. The standard InChI is InChI=1S/C22H22N4OS/c1-13(2)14-7-9-15(10-8-14)20-16(11-23)21(25)26-22(17(20)12-24)28-19-6-4-3-5-18(19)27/h7-10,13,19H,3-6H2,1-2H3,(H2,25,26)/p+1/t19-/m1/s1. The molecule has 2 aromatic rings. The van der Waals surface area contributed by atoms with Crippen molar-refractivity contribution in [1.29, 1.82) is 10.5 Å². The van der Waals surface area contributed by atoms with E-state index >= 15 is 0 Å². The first kappa shape index (κ1) is 19.9. The van der Waals surface area contributed by atoms with E-state index in [-0.39, 0.29) is 22.4 Å². The van der Waals surface area contributed by atoms with Crippen LogP contribution in [0, 0.1) is 22.7 Å². The van der Waals surface area contributed by atoms with Crippen LogP contribution in [0.2, 0.25) is 0 Å². The third-order valence-corrected chi connectivity index (χ3v) is 6.42. The van der Waals surface area contributed by atoms with Gasteiger partial charge in [0.15, 0.2) is 5.03 Å². The Morgan fingerprint density at radius 1 is 1.14 bits per heavy atom. The third-order valence-electron chi connectivity index (χ3n) is 5.09. The fraction of sp³-hybridized carbons (Fsp3) is 0.364. The van der Waals surface area contributed by atoms with Gasteiger partial charge in [-0.3, -0.25) is 10.5 Å². The lowest BCUT2D eigenvalue weighted by Gasteiger charge is -2.20. The van der Waals surface area contributed by atoms with E-state index in [4.69, 9.17) is 5.73 Å². The van der Waals surface area contributed by atoms with Crippen LogP contribution in [-0.4, -0.2) is 11.0 Å². The van der Waals surface area contributed by atoms with Crippen molar-refractivity contribution in [3.63, 3.8) is 0 Å². The van der Waals surface area contributed by atoms with Crippen molar-refractivity contribution in [3.8, 4) is 23.3 Å². The summed E-state index contributed by atoms with van der Waals surface area (Å²) < 4.78 is 0. The van der Waals surface area contributed by atoms with Gasteiger partial charge in [-0.05, 0) is 29.9 Å². The van der Waals surface area contributed by atoms with E-state index in [1.54, 1.807) is 0 Å². The number of hydrogen-bond acceptors (Lipinski definition) is 5. The second-order valence-electron chi connectivity index (χ2n) is 7.31. The molecule has 1 heterocycles. The van der Waals surface area contributed by atoms with Crippen LogP contribution >= 0.6 is 11.8 Å². The van der Waals surface area contributed by atoms with Gasteiger partial charge in [-0.15, -0.1) is 0 Å². The first-order valence-corrected chi connectivity index (χ1v) is 10.3. The maximum Gasteiger partial charge on any atom is 0.289 e. The number of thioether (sulfide) groups is 1. The molecule has 1 aliphatic carbocycles. The summed E-state index contributed by atoms with van der Waals surface area (Å²) >= 11 is 1.36. The Bertz CT molecular complexity index is 984. The first-order chi connectivity index (χ1) is 13.5. The Hall–Kier alpha value is -2.83. The average molecular weight is 392 g/mol. The number of carbonyl (C=O) groups is 1. The molecule has 1 saturated carbocycles. The van der Waals surface area contributed by atoms with Gasteiger partial charge in [-0.2, -0.15) is 10.5 Å². The Balaban J connectivity index is 2.12. The molecule has 1 aromatic heterocycles. The number of nitrogen functional groups attached to an aromatic ring is 1. The van der Waals surface area contributed by atoms with Gasteiger partial charge in [0, 0.05) is 12.0 Å². The average Bonchev–Trinajstić information content (AvgIpc) is 2.69. The molecule has 0 bridgehead atoms. The predicted molar refractivity (Wildman–Crippen MR) is 109 cm³/mol. The molecule has 1 fully saturated rings. The maximum absolute atomic E-state index is 12.3. The van der Waals surface area contributed by atoms with Crippen LogP contribution < -0.4 is 10.7 Å². The van der Waals surface area contributed by atoms with Crippen molar-refractivity contribution in [2.75, 3.05) is 5.73 Å². The number of Topliss-reactive ketones (excluding diaryl/α,β-unsaturated/α-hetero) is 1. The van der Waals surface area contributed by atoms with Gasteiger partial charge in [0.1, 0.15) is 29.0 Å². The van der Waals surface area contributed by atoms with Gasteiger partial charge >= 0.3 is 0 Å². The van der Waals surface area contributed by atoms with Crippen molar-refractivity contribution in [2.45, 2.75) is 55.7 Å². The zero-order valence-corrected chi connectivity index (χ0v) is 16.9. The largest absolute Gasteiger partial charge is 0.298 e. The molecule has 0 saturated heterocycles. The fourth-order valence-corrected chi connectivity index (χ4v) is 4.73. The molecule has 6 heteroatoms. The molecule has 0 radical (unpaired) electrons. The Morgan fingerprint density at radius 2 is 1.82 bits per heavy atom. The van der Waals surface area contributed by atoms with Crippen molar-refractivity contribution < 1.29 is 9.78 Å². The number of nitrogens with zero attached hydrogens (tertiary/aromatic N) is 2. The van der Waals surface area contributed by atoms with Crippen LogP contribution in [0.3, 0.4) is 0 Å². The van der Waals surface area contributed by atoms with Crippen molar-refractivity contribution in [3.05, 3.63) is 41.0 Å². The zero-order valence-electron chi connectivity index (χ0n) is 16.1. The normalized spacial score (nSPS) is 16.6. The minimum Gasteiger partial charge on any atom is -0.298 e. The van der Waals surface area contributed by atoms with E-state index in [0.29, 0.717) is 28.5 Å². The number of hydrogen-bond donors (Lipinski definition) is 1. The number of nitrogens with two attached hydrogens (primary N) is 1. The second kappa shape index (κ2) is 8.46. The lowest BCUT2D eigenvalue weighted by molar-refractivity contribution is -0.410. The molecule has 0 spiro atoms. The van der Waals surface area contributed by atoms with Gasteiger partial charge in [0.2, 0.25) is 0 Å². The highest BCUT2D eigenvalue weighted by Crippen LogP contribution is 2.37. The Kier molecular flexibility index (Phi) is 6.02. The quantitative estimate of drug-likeness (QED) is 0.840. The van der Waals surface area contributed by atoms with Gasteiger partial charge in [-0.25, -0.2) is 4.98 Å². The molecule has 3 rings (SSSR count). The van der Waals surface area contributed by atoms with Crippen LogP contribution in [0.1, 0.15) is 62.1 Å². The third kappa shape index (κ3) is 3.88. The van der Waals surface area contributed by atoms with Crippen molar-refractivity contribution in [2.24, 2.45) is 0 Å². The van der Waals surface area contributed by atoms with Crippen LogP contribution in [0.25, 0.3) is 11.1 Å². The zero-order chi connectivity index (χ0) is 20.3. The molecule has 5 nitrogen and oxygen atoms in total. The van der Waals surface area contributed by atoms with E-state index in [2.05, 4.69) is 31.0 Å². The predicted octanol–water partition coefficient (Wildman–Crippen LogP) is 4.22. The van der Waals surface area contributed by atoms with Gasteiger partial charge < -0.3 is 0 Å². The van der Waals surface area contributed by atoms with Crippen LogP contribution in [0.5, 0.6) is 0 Å². The molecule has 1 aliphatic rings. The second-order valence-corrected chi connectivity index (χ2v) is 8.52. The fourth-order valence-electron chi connectivity index (χ4n) is 3.47. The molecule has 0 unspecified atom stereocenters. The molecule has 28 heavy (non-hydrogen) atoms. The lowest BCUT2D eigenvalue weighted by atomic mass is 9.94. The summed E-state index contributed by atoms with van der Waals surface area (Å²) in [6.07, 6.45) is 3.30. The molecule has 0 amide bonds. The van der Waals surface area contributed by atoms with E-state index in [1.807, 2.05) is 24.3 Å². The summed E-state index contributed by atoms with van der Waals surface area (Å²) in [5.41, 5.74) is 9.23. The summed E-state index contributed by atoms with van der Waals surface area (Å²) in [4.78, 5) is 15.3. The van der Waals surface area contributed by atoms with Crippen LogP contribution in [0.15, 0.2) is 29.3 Å². The Morgan fingerprint density at radius 3 is 2.39 bits per heavy atom. The number of aromatic amines is 1. The smallest absolute Gasteiger partial charge is 0.289 e. The van der Waals surface area contributed by atoms with Crippen LogP contribution in [-0.2, 0) is 4.79 Å². The summed E-state index contributed by atoms with van der Waals surface area (Å²) in [5.74, 6) is 0.812. The molecule has 142 valence electrons. The van der Waals surface area contributed by atoms with Gasteiger partial charge in [0.25, 0.3) is 5.82 Å². The van der Waals surface area contributed by atoms with Crippen LogP contribution in [0.4, 0.5) is 5.82 Å². The highest BCUT2D eigenvalue weighted by Gasteiger charge is 2.29.